The van der Waals surface area contributed by atoms with Gasteiger partial charge in [-0.15, -0.1) is 0 Å². The van der Waals surface area contributed by atoms with Crippen LogP contribution in [0.25, 0.3) is 11.7 Å². The average Bonchev–Trinajstić information content (AvgIpc) is 2.78. The number of pyridine rings is 1. The van der Waals surface area contributed by atoms with Gasteiger partial charge in [-0.3, -0.25) is 14.0 Å². The molecule has 8 heteroatoms. The molecule has 0 fully saturated rings. The summed E-state index contributed by atoms with van der Waals surface area (Å²) in [6.07, 6.45) is 3.39. The summed E-state index contributed by atoms with van der Waals surface area (Å²) < 4.78 is 12.3. The van der Waals surface area contributed by atoms with Crippen molar-refractivity contribution in [2.75, 3.05) is 20.3 Å². The third-order valence-electron chi connectivity index (χ3n) is 4.74. The summed E-state index contributed by atoms with van der Waals surface area (Å²) in [4.78, 5) is 30.1. The van der Waals surface area contributed by atoms with Crippen LogP contribution in [0.15, 0.2) is 53.0 Å². The number of carbonyl (C=O) groups is 1. The summed E-state index contributed by atoms with van der Waals surface area (Å²) in [5.41, 5.74) is 1.66. The summed E-state index contributed by atoms with van der Waals surface area (Å²) in [5, 5.41) is 12.2. The van der Waals surface area contributed by atoms with Gasteiger partial charge in [-0.25, -0.2) is 0 Å². The summed E-state index contributed by atoms with van der Waals surface area (Å²) in [5.74, 6) is -0.0355. The van der Waals surface area contributed by atoms with Crippen LogP contribution < -0.4 is 15.6 Å². The van der Waals surface area contributed by atoms with E-state index in [-0.39, 0.29) is 17.0 Å². The van der Waals surface area contributed by atoms with Gasteiger partial charge < -0.3 is 14.8 Å². The summed E-state index contributed by atoms with van der Waals surface area (Å²) in [7, 11) is 1.57. The van der Waals surface area contributed by atoms with Gasteiger partial charge in [0.2, 0.25) is 5.88 Å². The monoisotopic (exact) mass is 432 g/mol. The molecule has 0 bridgehead atoms. The van der Waals surface area contributed by atoms with Gasteiger partial charge in [-0.2, -0.15) is 10.2 Å². The Kier molecular flexibility index (Phi) is 7.37. The number of carbonyl (C=O) groups excluding carboxylic acids is 1. The maximum absolute atomic E-state index is 13.2. The van der Waals surface area contributed by atoms with Crippen molar-refractivity contribution in [3.8, 4) is 17.7 Å². The van der Waals surface area contributed by atoms with Crippen LogP contribution in [0.1, 0.15) is 23.1 Å². The van der Waals surface area contributed by atoms with Gasteiger partial charge in [0.05, 0.1) is 0 Å². The van der Waals surface area contributed by atoms with Crippen LogP contribution in [0.3, 0.4) is 0 Å². The molecule has 0 aliphatic carbocycles. The molecule has 2 heterocycles. The molecule has 32 heavy (non-hydrogen) atoms. The third-order valence-corrected chi connectivity index (χ3v) is 4.74. The number of nitrogens with zero attached hydrogens (tertiary/aromatic N) is 3. The molecule has 1 N–H and O–H groups in total. The Morgan fingerprint density at radius 2 is 2.09 bits per heavy atom. The van der Waals surface area contributed by atoms with Crippen molar-refractivity contribution < 1.29 is 14.3 Å². The lowest BCUT2D eigenvalue weighted by molar-refractivity contribution is -0.117. The molecular formula is C24H24N4O4. The Morgan fingerprint density at radius 3 is 2.81 bits per heavy atom. The maximum Gasteiger partial charge on any atom is 0.269 e. The van der Waals surface area contributed by atoms with Crippen molar-refractivity contribution in [1.29, 1.82) is 5.26 Å². The van der Waals surface area contributed by atoms with Crippen molar-refractivity contribution >= 4 is 17.6 Å². The van der Waals surface area contributed by atoms with E-state index < -0.39 is 11.5 Å². The Bertz CT molecular complexity index is 1270. The Morgan fingerprint density at radius 1 is 1.28 bits per heavy atom. The number of hydrogen-bond acceptors (Lipinski definition) is 6. The number of methoxy groups -OCH3 is 1. The fourth-order valence-corrected chi connectivity index (χ4v) is 3.11. The summed E-state index contributed by atoms with van der Waals surface area (Å²) in [6.45, 7) is 4.68. The van der Waals surface area contributed by atoms with Crippen molar-refractivity contribution in [1.82, 2.24) is 14.7 Å². The average molecular weight is 432 g/mol. The van der Waals surface area contributed by atoms with Crippen molar-refractivity contribution in [3.05, 3.63) is 75.2 Å². The van der Waals surface area contributed by atoms with Crippen LogP contribution >= 0.6 is 0 Å². The van der Waals surface area contributed by atoms with Crippen LogP contribution in [0.5, 0.6) is 11.6 Å². The fourth-order valence-electron chi connectivity index (χ4n) is 3.11. The number of amides is 1. The van der Waals surface area contributed by atoms with Gasteiger partial charge >= 0.3 is 0 Å². The topological polar surface area (TPSA) is 106 Å². The van der Waals surface area contributed by atoms with E-state index in [0.29, 0.717) is 31.0 Å². The first-order chi connectivity index (χ1) is 15.4. The number of nitriles is 1. The Balaban J connectivity index is 2.07. The van der Waals surface area contributed by atoms with Gasteiger partial charge in [0.15, 0.2) is 0 Å². The lowest BCUT2D eigenvalue weighted by Crippen LogP contribution is -2.27. The van der Waals surface area contributed by atoms with Gasteiger partial charge in [-0.1, -0.05) is 23.8 Å². The predicted octanol–water partition coefficient (Wildman–Crippen LogP) is 3.16. The molecule has 1 amide bonds. The van der Waals surface area contributed by atoms with E-state index in [1.807, 2.05) is 32.0 Å². The van der Waals surface area contributed by atoms with Crippen LogP contribution in [0.2, 0.25) is 0 Å². The van der Waals surface area contributed by atoms with Gasteiger partial charge in [0.25, 0.3) is 11.5 Å². The largest absolute Gasteiger partial charge is 0.438 e. The standard InChI is InChI=1S/C24H24N4O4/c1-16-8-9-20(17(2)13-16)32-23-19(24(30)28-11-5-4-7-21(28)27-23)14-18(15-25)22(29)26-10-6-12-31-3/h4-5,7-9,11,13-14H,6,10,12H2,1-3H3,(H,26,29). The highest BCUT2D eigenvalue weighted by atomic mass is 16.5. The molecule has 0 saturated carbocycles. The van der Waals surface area contributed by atoms with E-state index in [0.717, 1.165) is 11.1 Å². The number of benzene rings is 1. The van der Waals surface area contributed by atoms with Gasteiger partial charge in [0.1, 0.15) is 28.6 Å². The molecule has 0 aliphatic rings. The van der Waals surface area contributed by atoms with Crippen LogP contribution in [0, 0.1) is 25.2 Å². The molecule has 0 radical (unpaired) electrons. The molecule has 1 aromatic carbocycles. The number of fused-ring (bicyclic) bond motifs is 1. The number of aromatic nitrogens is 2. The maximum atomic E-state index is 13.2. The molecular weight excluding hydrogens is 408 g/mol. The molecule has 164 valence electrons. The highest BCUT2D eigenvalue weighted by Gasteiger charge is 2.17. The van der Waals surface area contributed by atoms with Crippen molar-refractivity contribution in [2.45, 2.75) is 20.3 Å². The molecule has 0 saturated heterocycles. The smallest absolute Gasteiger partial charge is 0.269 e. The normalized spacial score (nSPS) is 11.2. The first kappa shape index (κ1) is 22.7. The second-order valence-corrected chi connectivity index (χ2v) is 7.21. The predicted molar refractivity (Wildman–Crippen MR) is 121 cm³/mol. The lowest BCUT2D eigenvalue weighted by atomic mass is 10.1. The van der Waals surface area contributed by atoms with Crippen molar-refractivity contribution in [3.63, 3.8) is 0 Å². The molecule has 3 rings (SSSR count). The quantitative estimate of drug-likeness (QED) is 0.333. The number of ether oxygens (including phenoxy) is 2. The molecule has 0 spiro atoms. The van der Waals surface area contributed by atoms with E-state index >= 15 is 0 Å². The number of aryl methyl sites for hydroxylation is 2. The highest BCUT2D eigenvalue weighted by Crippen LogP contribution is 2.27. The minimum atomic E-state index is -0.585. The van der Waals surface area contributed by atoms with Gasteiger partial charge in [-0.05, 0) is 50.1 Å². The molecule has 0 atom stereocenters. The van der Waals surface area contributed by atoms with E-state index in [1.165, 1.54) is 10.5 Å². The van der Waals surface area contributed by atoms with Crippen LogP contribution in [-0.2, 0) is 9.53 Å². The lowest BCUT2D eigenvalue weighted by Gasteiger charge is -2.12. The Hall–Kier alpha value is -3.96. The highest BCUT2D eigenvalue weighted by molar-refractivity contribution is 6.01. The number of hydrogen-bond donors (Lipinski definition) is 1. The van der Waals surface area contributed by atoms with Crippen molar-refractivity contribution in [2.24, 2.45) is 0 Å². The zero-order valence-electron chi connectivity index (χ0n) is 18.2. The molecule has 0 aliphatic heterocycles. The SMILES string of the molecule is COCCCNC(=O)C(C#N)=Cc1c(Oc2ccc(C)cc2C)nc2ccccn2c1=O. The first-order valence-electron chi connectivity index (χ1n) is 10.1. The molecule has 0 unspecified atom stereocenters. The fraction of sp³-hybridized carbons (Fsp3) is 0.250. The van der Waals surface area contributed by atoms with E-state index in [9.17, 15) is 14.9 Å². The molecule has 2 aromatic heterocycles. The molecule has 8 nitrogen and oxygen atoms in total. The number of nitrogens with one attached hydrogen (secondary N) is 1. The summed E-state index contributed by atoms with van der Waals surface area (Å²) >= 11 is 0. The van der Waals surface area contributed by atoms with Crippen LogP contribution in [0.4, 0.5) is 0 Å². The minimum Gasteiger partial charge on any atom is -0.438 e. The zero-order chi connectivity index (χ0) is 23.1. The van der Waals surface area contributed by atoms with E-state index in [4.69, 9.17) is 9.47 Å². The summed E-state index contributed by atoms with van der Waals surface area (Å²) in [6, 6.07) is 12.6. The van der Waals surface area contributed by atoms with E-state index in [2.05, 4.69) is 10.3 Å². The van der Waals surface area contributed by atoms with Crippen LogP contribution in [-0.4, -0.2) is 35.6 Å². The zero-order valence-corrected chi connectivity index (χ0v) is 18.2. The first-order valence-corrected chi connectivity index (χ1v) is 10.1. The second kappa shape index (κ2) is 10.4. The van der Waals surface area contributed by atoms with E-state index in [1.54, 1.807) is 37.6 Å². The second-order valence-electron chi connectivity index (χ2n) is 7.21. The molecule has 3 aromatic rings. The number of rotatable bonds is 8. The van der Waals surface area contributed by atoms with Gasteiger partial charge in [0, 0.05) is 26.5 Å². The minimum absolute atomic E-state index is 0.0114. The Labute approximate surface area is 185 Å². The third kappa shape index (κ3) is 5.20.